The van der Waals surface area contributed by atoms with Crippen LogP contribution in [0.2, 0.25) is 0 Å². The molecule has 0 bridgehead atoms. The number of benzene rings is 1. The fourth-order valence-corrected chi connectivity index (χ4v) is 3.02. The molecule has 1 aromatic carbocycles. The Kier molecular flexibility index (Phi) is 4.46. The minimum absolute atomic E-state index is 0.125. The molecular weight excluding hydrogens is 276 g/mol. The van der Waals surface area contributed by atoms with Crippen molar-refractivity contribution in [2.75, 3.05) is 11.3 Å². The number of aliphatic hydroxyl groups is 1. The molecule has 0 spiro atoms. The van der Waals surface area contributed by atoms with Crippen LogP contribution in [-0.2, 0) is 23.5 Å². The van der Waals surface area contributed by atoms with Crippen LogP contribution < -0.4 is 4.72 Å². The van der Waals surface area contributed by atoms with Gasteiger partial charge in [-0.15, -0.1) is 0 Å². The summed E-state index contributed by atoms with van der Waals surface area (Å²) in [6, 6.07) is 8.77. The first-order valence-electron chi connectivity index (χ1n) is 6.36. The molecule has 2 aromatic rings. The molecular formula is C14H18N2O3S. The molecule has 2 rings (SSSR count). The zero-order chi connectivity index (χ0) is 14.6. The average Bonchev–Trinajstić information content (AvgIpc) is 2.84. The third-order valence-electron chi connectivity index (χ3n) is 2.92. The largest absolute Gasteiger partial charge is 0.396 e. The lowest BCUT2D eigenvalue weighted by Crippen LogP contribution is -2.12. The molecule has 0 saturated heterocycles. The van der Waals surface area contributed by atoms with Gasteiger partial charge in [0.2, 0.25) is 0 Å². The Morgan fingerprint density at radius 2 is 2.10 bits per heavy atom. The van der Waals surface area contributed by atoms with Gasteiger partial charge >= 0.3 is 0 Å². The zero-order valence-electron chi connectivity index (χ0n) is 11.3. The monoisotopic (exact) mass is 294 g/mol. The quantitative estimate of drug-likeness (QED) is 0.852. The van der Waals surface area contributed by atoms with Crippen molar-refractivity contribution < 1.29 is 13.5 Å². The summed E-state index contributed by atoms with van der Waals surface area (Å²) in [5.41, 5.74) is 1.52. The van der Waals surface area contributed by atoms with E-state index in [1.165, 1.54) is 0 Å². The lowest BCUT2D eigenvalue weighted by Gasteiger charge is -2.08. The van der Waals surface area contributed by atoms with Crippen molar-refractivity contribution in [1.82, 2.24) is 4.57 Å². The van der Waals surface area contributed by atoms with Gasteiger partial charge in [-0.25, -0.2) is 8.42 Å². The summed E-state index contributed by atoms with van der Waals surface area (Å²) in [5.74, 6) is 0. The highest BCUT2D eigenvalue weighted by molar-refractivity contribution is 7.92. The highest BCUT2D eigenvalue weighted by Gasteiger charge is 2.15. The number of hydrogen-bond donors (Lipinski definition) is 2. The van der Waals surface area contributed by atoms with E-state index < -0.39 is 10.0 Å². The Balaban J connectivity index is 2.17. The number of aromatic nitrogens is 1. The fourth-order valence-electron chi connectivity index (χ4n) is 1.92. The SMILES string of the molecule is Cn1ccc(S(=O)(=O)Nc2cccc(CCCO)c2)c1. The van der Waals surface area contributed by atoms with E-state index >= 15 is 0 Å². The summed E-state index contributed by atoms with van der Waals surface area (Å²) in [6.07, 6.45) is 4.62. The maximum Gasteiger partial charge on any atom is 0.263 e. The van der Waals surface area contributed by atoms with Gasteiger partial charge in [0.05, 0.1) is 0 Å². The highest BCUT2D eigenvalue weighted by Crippen LogP contribution is 2.18. The Hall–Kier alpha value is -1.79. The first-order valence-corrected chi connectivity index (χ1v) is 7.84. The van der Waals surface area contributed by atoms with Gasteiger partial charge in [-0.05, 0) is 36.6 Å². The third kappa shape index (κ3) is 3.61. The van der Waals surface area contributed by atoms with Crippen LogP contribution >= 0.6 is 0 Å². The molecule has 0 radical (unpaired) electrons. The van der Waals surface area contributed by atoms with Crippen molar-refractivity contribution in [2.24, 2.45) is 7.05 Å². The first kappa shape index (κ1) is 14.6. The van der Waals surface area contributed by atoms with Gasteiger partial charge in [-0.3, -0.25) is 4.72 Å². The number of hydrogen-bond acceptors (Lipinski definition) is 3. The second-order valence-corrected chi connectivity index (χ2v) is 6.33. The maximum atomic E-state index is 12.2. The maximum absolute atomic E-state index is 12.2. The molecule has 0 aliphatic rings. The summed E-state index contributed by atoms with van der Waals surface area (Å²) in [5, 5.41) is 8.82. The molecule has 5 nitrogen and oxygen atoms in total. The van der Waals surface area contributed by atoms with Gasteiger partial charge < -0.3 is 9.67 Å². The number of rotatable bonds is 6. The molecule has 1 heterocycles. The van der Waals surface area contributed by atoms with E-state index in [9.17, 15) is 8.42 Å². The van der Waals surface area contributed by atoms with Gasteiger partial charge in [0.15, 0.2) is 0 Å². The lowest BCUT2D eigenvalue weighted by atomic mass is 10.1. The average molecular weight is 294 g/mol. The first-order chi connectivity index (χ1) is 9.51. The molecule has 0 fully saturated rings. The summed E-state index contributed by atoms with van der Waals surface area (Å²) in [7, 11) is -1.78. The Morgan fingerprint density at radius 1 is 1.30 bits per heavy atom. The van der Waals surface area contributed by atoms with Gasteiger partial charge in [0.1, 0.15) is 4.90 Å². The Labute approximate surface area is 118 Å². The summed E-state index contributed by atoms with van der Waals surface area (Å²) in [6.45, 7) is 0.125. The van der Waals surface area contributed by atoms with E-state index in [2.05, 4.69) is 4.72 Å². The van der Waals surface area contributed by atoms with Crippen LogP contribution in [0.25, 0.3) is 0 Å². The Bertz CT molecular complexity index is 677. The van der Waals surface area contributed by atoms with Crippen molar-refractivity contribution in [3.63, 3.8) is 0 Å². The minimum atomic E-state index is -3.55. The molecule has 0 saturated carbocycles. The molecule has 20 heavy (non-hydrogen) atoms. The highest BCUT2D eigenvalue weighted by atomic mass is 32.2. The summed E-state index contributed by atoms with van der Waals surface area (Å²) >= 11 is 0. The van der Waals surface area contributed by atoms with Crippen molar-refractivity contribution in [3.8, 4) is 0 Å². The molecule has 0 aliphatic heterocycles. The molecule has 108 valence electrons. The zero-order valence-corrected chi connectivity index (χ0v) is 12.1. The van der Waals surface area contributed by atoms with E-state index in [1.54, 1.807) is 48.3 Å². The van der Waals surface area contributed by atoms with E-state index in [4.69, 9.17) is 5.11 Å². The van der Waals surface area contributed by atoms with Crippen LogP contribution in [0.15, 0.2) is 47.6 Å². The number of nitrogens with one attached hydrogen (secondary N) is 1. The predicted octanol–water partition coefficient (Wildman–Crippen LogP) is 1.75. The minimum Gasteiger partial charge on any atom is -0.396 e. The second kappa shape index (κ2) is 6.11. The van der Waals surface area contributed by atoms with Crippen molar-refractivity contribution in [2.45, 2.75) is 17.7 Å². The third-order valence-corrected chi connectivity index (χ3v) is 4.28. The van der Waals surface area contributed by atoms with Crippen molar-refractivity contribution >= 4 is 15.7 Å². The normalized spacial score (nSPS) is 11.5. The smallest absolute Gasteiger partial charge is 0.263 e. The topological polar surface area (TPSA) is 71.3 Å². The second-order valence-electron chi connectivity index (χ2n) is 4.65. The summed E-state index contributed by atoms with van der Waals surface area (Å²) in [4.78, 5) is 0.237. The van der Waals surface area contributed by atoms with Crippen LogP contribution in [0.3, 0.4) is 0 Å². The van der Waals surface area contributed by atoms with Gasteiger partial charge in [0, 0.05) is 31.7 Å². The van der Waals surface area contributed by atoms with Gasteiger partial charge in [-0.2, -0.15) is 0 Å². The lowest BCUT2D eigenvalue weighted by molar-refractivity contribution is 0.288. The van der Waals surface area contributed by atoms with E-state index in [0.29, 0.717) is 12.1 Å². The van der Waals surface area contributed by atoms with Crippen LogP contribution in [0.4, 0.5) is 5.69 Å². The van der Waals surface area contributed by atoms with E-state index in [-0.39, 0.29) is 11.5 Å². The molecule has 6 heteroatoms. The van der Waals surface area contributed by atoms with Crippen LogP contribution in [0, 0.1) is 0 Å². The van der Waals surface area contributed by atoms with Gasteiger partial charge in [-0.1, -0.05) is 12.1 Å². The molecule has 1 aromatic heterocycles. The van der Waals surface area contributed by atoms with Crippen LogP contribution in [-0.4, -0.2) is 24.7 Å². The summed E-state index contributed by atoms with van der Waals surface area (Å²) < 4.78 is 28.6. The van der Waals surface area contributed by atoms with Crippen molar-refractivity contribution in [1.29, 1.82) is 0 Å². The van der Waals surface area contributed by atoms with Crippen LogP contribution in [0.1, 0.15) is 12.0 Å². The van der Waals surface area contributed by atoms with E-state index in [0.717, 1.165) is 12.0 Å². The van der Waals surface area contributed by atoms with Crippen LogP contribution in [0.5, 0.6) is 0 Å². The molecule has 0 unspecified atom stereocenters. The molecule has 0 atom stereocenters. The molecule has 0 aliphatic carbocycles. The fraction of sp³-hybridized carbons (Fsp3) is 0.286. The number of aryl methyl sites for hydroxylation is 2. The standard InChI is InChI=1S/C14H18N2O3S/c1-16-8-7-14(11-16)20(18,19)15-13-6-2-4-12(10-13)5-3-9-17/h2,4,6-8,10-11,15,17H,3,5,9H2,1H3. The number of sulfonamides is 1. The number of aliphatic hydroxyl groups excluding tert-OH is 1. The Morgan fingerprint density at radius 3 is 2.75 bits per heavy atom. The predicted molar refractivity (Wildman–Crippen MR) is 78.1 cm³/mol. The van der Waals surface area contributed by atoms with Crippen molar-refractivity contribution in [3.05, 3.63) is 48.3 Å². The van der Waals surface area contributed by atoms with E-state index in [1.807, 2.05) is 6.07 Å². The number of anilines is 1. The van der Waals surface area contributed by atoms with Gasteiger partial charge in [0.25, 0.3) is 10.0 Å². The molecule has 2 N–H and O–H groups in total. The molecule has 0 amide bonds. The number of nitrogens with zero attached hydrogens (tertiary/aromatic N) is 1.